The van der Waals surface area contributed by atoms with Gasteiger partial charge in [-0.3, -0.25) is 0 Å². The zero-order valence-electron chi connectivity index (χ0n) is 14.2. The fourth-order valence-corrected chi connectivity index (χ4v) is 5.77. The van der Waals surface area contributed by atoms with Gasteiger partial charge in [0.05, 0.1) is 4.90 Å². The van der Waals surface area contributed by atoms with E-state index in [1.807, 2.05) is 12.1 Å². The molecule has 0 amide bonds. The highest BCUT2D eigenvalue weighted by atomic mass is 32.2. The van der Waals surface area contributed by atoms with Crippen LogP contribution in [0.1, 0.15) is 44.9 Å². The van der Waals surface area contributed by atoms with E-state index in [1.165, 1.54) is 50.7 Å². The Morgan fingerprint density at radius 2 is 1.62 bits per heavy atom. The zero-order chi connectivity index (χ0) is 17.0. The Labute approximate surface area is 150 Å². The molecule has 1 aliphatic carbocycles. The first-order valence-electron chi connectivity index (χ1n) is 9.02. The molecule has 0 aromatic heterocycles. The van der Waals surface area contributed by atoms with Gasteiger partial charge < -0.3 is 4.90 Å². The number of anilines is 1. The van der Waals surface area contributed by atoms with E-state index in [0.29, 0.717) is 0 Å². The van der Waals surface area contributed by atoms with Crippen LogP contribution < -0.4 is 10.0 Å². The summed E-state index contributed by atoms with van der Waals surface area (Å²) in [7, 11) is -3.60. The molecule has 24 heavy (non-hydrogen) atoms. The quantitative estimate of drug-likeness (QED) is 0.862. The first-order chi connectivity index (χ1) is 11.5. The molecular weight excluding hydrogens is 340 g/mol. The monoisotopic (exact) mass is 368 g/mol. The van der Waals surface area contributed by atoms with Crippen molar-refractivity contribution < 1.29 is 8.42 Å². The van der Waals surface area contributed by atoms with Gasteiger partial charge in [-0.2, -0.15) is 11.8 Å². The van der Waals surface area contributed by atoms with Gasteiger partial charge in [0.15, 0.2) is 0 Å². The molecule has 3 rings (SSSR count). The molecule has 1 aromatic rings. The lowest BCUT2D eigenvalue weighted by molar-refractivity contribution is 0.442. The summed E-state index contributed by atoms with van der Waals surface area (Å²) in [4.78, 5) is 2.54. The van der Waals surface area contributed by atoms with Crippen molar-refractivity contribution in [2.24, 2.45) is 11.1 Å². The molecule has 134 valence electrons. The number of rotatable bonds is 5. The molecule has 6 heteroatoms. The van der Waals surface area contributed by atoms with Gasteiger partial charge in [-0.25, -0.2) is 13.6 Å². The van der Waals surface area contributed by atoms with Gasteiger partial charge in [-0.05, 0) is 61.6 Å². The van der Waals surface area contributed by atoms with Crippen LogP contribution in [-0.2, 0) is 10.0 Å². The summed E-state index contributed by atoms with van der Waals surface area (Å²) in [6, 6.07) is 6.96. The van der Waals surface area contributed by atoms with Crippen molar-refractivity contribution in [2.45, 2.75) is 55.1 Å². The van der Waals surface area contributed by atoms with Crippen molar-refractivity contribution in [3.05, 3.63) is 24.3 Å². The third-order valence-corrected chi connectivity index (χ3v) is 7.80. The van der Waals surface area contributed by atoms with Crippen molar-refractivity contribution in [1.29, 1.82) is 0 Å². The van der Waals surface area contributed by atoms with Gasteiger partial charge in [0.2, 0.25) is 10.0 Å². The molecule has 1 saturated carbocycles. The predicted molar refractivity (Wildman–Crippen MR) is 102 cm³/mol. The summed E-state index contributed by atoms with van der Waals surface area (Å²) in [5, 5.41) is 6.06. The minimum atomic E-state index is -3.60. The molecule has 1 saturated heterocycles. The van der Waals surface area contributed by atoms with Crippen molar-refractivity contribution >= 4 is 27.5 Å². The molecule has 2 N–H and O–H groups in total. The van der Waals surface area contributed by atoms with Crippen LogP contribution >= 0.6 is 11.8 Å². The summed E-state index contributed by atoms with van der Waals surface area (Å²) in [5.74, 6) is 2.14. The third kappa shape index (κ3) is 4.90. The highest BCUT2D eigenvalue weighted by Crippen LogP contribution is 2.32. The lowest BCUT2D eigenvalue weighted by atomic mass is 9.98. The zero-order valence-corrected chi connectivity index (χ0v) is 15.8. The third-order valence-electron chi connectivity index (χ3n) is 5.26. The average Bonchev–Trinajstić information content (AvgIpc) is 2.61. The Bertz CT molecular complexity index is 617. The fourth-order valence-electron chi connectivity index (χ4n) is 3.71. The van der Waals surface area contributed by atoms with Crippen LogP contribution in [0.15, 0.2) is 29.2 Å². The van der Waals surface area contributed by atoms with Crippen LogP contribution in [0.5, 0.6) is 0 Å². The fraction of sp³-hybridized carbons (Fsp3) is 0.667. The second-order valence-corrected chi connectivity index (χ2v) is 9.96. The molecule has 1 aliphatic heterocycles. The summed E-state index contributed by atoms with van der Waals surface area (Å²) >= 11 is 2.21. The number of primary sulfonamides is 1. The topological polar surface area (TPSA) is 63.4 Å². The maximum Gasteiger partial charge on any atom is 0.238 e. The van der Waals surface area contributed by atoms with Crippen LogP contribution in [0.2, 0.25) is 0 Å². The summed E-state index contributed by atoms with van der Waals surface area (Å²) in [6.07, 6.45) is 9.57. The van der Waals surface area contributed by atoms with Crippen molar-refractivity contribution in [2.75, 3.05) is 23.7 Å². The molecular formula is C18H28N2O2S2. The highest BCUT2D eigenvalue weighted by Gasteiger charge is 2.22. The van der Waals surface area contributed by atoms with Crippen molar-refractivity contribution in [3.8, 4) is 0 Å². The van der Waals surface area contributed by atoms with E-state index in [2.05, 4.69) is 16.7 Å². The summed E-state index contributed by atoms with van der Waals surface area (Å²) < 4.78 is 22.7. The van der Waals surface area contributed by atoms with E-state index in [0.717, 1.165) is 29.9 Å². The molecule has 1 heterocycles. The maximum absolute atomic E-state index is 11.3. The number of nitrogens with zero attached hydrogens (tertiary/aromatic N) is 1. The summed E-state index contributed by atoms with van der Waals surface area (Å²) in [5.41, 5.74) is 1.10. The second kappa shape index (κ2) is 8.11. The normalized spacial score (nSPS) is 21.1. The number of hydrogen-bond acceptors (Lipinski definition) is 4. The molecule has 0 unspecified atom stereocenters. The van der Waals surface area contributed by atoms with Gasteiger partial charge in [0, 0.05) is 24.0 Å². The van der Waals surface area contributed by atoms with Crippen molar-refractivity contribution in [3.63, 3.8) is 0 Å². The van der Waals surface area contributed by atoms with Gasteiger partial charge in [-0.1, -0.05) is 19.3 Å². The lowest BCUT2D eigenvalue weighted by Crippen LogP contribution is -2.34. The smallest absolute Gasteiger partial charge is 0.238 e. The largest absolute Gasteiger partial charge is 0.372 e. The van der Waals surface area contributed by atoms with Crippen LogP contribution in [0, 0.1) is 5.92 Å². The molecule has 0 spiro atoms. The van der Waals surface area contributed by atoms with Crippen molar-refractivity contribution in [1.82, 2.24) is 0 Å². The number of sulfonamides is 1. The Balaban J connectivity index is 1.46. The van der Waals surface area contributed by atoms with Crippen LogP contribution in [0.4, 0.5) is 5.69 Å². The van der Waals surface area contributed by atoms with Gasteiger partial charge in [0.1, 0.15) is 0 Å². The van der Waals surface area contributed by atoms with Gasteiger partial charge in [-0.15, -0.1) is 0 Å². The Hall–Kier alpha value is -0.720. The van der Waals surface area contributed by atoms with E-state index in [-0.39, 0.29) is 4.90 Å². The first-order valence-corrected chi connectivity index (χ1v) is 11.6. The van der Waals surface area contributed by atoms with E-state index in [4.69, 9.17) is 5.14 Å². The molecule has 2 aliphatic rings. The minimum Gasteiger partial charge on any atom is -0.372 e. The predicted octanol–water partition coefficient (Wildman–Crippen LogP) is 3.62. The first kappa shape index (κ1) is 18.1. The number of nitrogens with two attached hydrogens (primary N) is 1. The number of piperidine rings is 1. The van der Waals surface area contributed by atoms with Crippen LogP contribution in [0.3, 0.4) is 0 Å². The maximum atomic E-state index is 11.3. The number of hydrogen-bond donors (Lipinski definition) is 1. The van der Waals surface area contributed by atoms with E-state index < -0.39 is 10.0 Å². The van der Waals surface area contributed by atoms with E-state index in [9.17, 15) is 8.42 Å². The Morgan fingerprint density at radius 1 is 1.00 bits per heavy atom. The Morgan fingerprint density at radius 3 is 2.21 bits per heavy atom. The number of benzene rings is 1. The van der Waals surface area contributed by atoms with Gasteiger partial charge in [0.25, 0.3) is 0 Å². The molecule has 2 fully saturated rings. The Kier molecular flexibility index (Phi) is 6.11. The SMILES string of the molecule is NS(=O)(=O)c1ccc(N2CCC(CSC3CCCCC3)CC2)cc1. The molecule has 1 aromatic carbocycles. The molecule has 0 bridgehead atoms. The standard InChI is InChI=1S/C18H28N2O2S2/c19-24(21,22)18-8-6-16(7-9-18)20-12-10-15(11-13-20)14-23-17-4-2-1-3-5-17/h6-9,15,17H,1-5,10-14H2,(H2,19,21,22). The van der Waals surface area contributed by atoms with Crippen LogP contribution in [0.25, 0.3) is 0 Å². The molecule has 0 radical (unpaired) electrons. The lowest BCUT2D eigenvalue weighted by Gasteiger charge is -2.34. The highest BCUT2D eigenvalue weighted by molar-refractivity contribution is 7.99. The summed E-state index contributed by atoms with van der Waals surface area (Å²) in [6.45, 7) is 2.12. The average molecular weight is 369 g/mol. The van der Waals surface area contributed by atoms with E-state index >= 15 is 0 Å². The van der Waals surface area contributed by atoms with Crippen LogP contribution in [-0.4, -0.2) is 32.5 Å². The molecule has 4 nitrogen and oxygen atoms in total. The van der Waals surface area contributed by atoms with Gasteiger partial charge >= 0.3 is 0 Å². The minimum absolute atomic E-state index is 0.185. The van der Waals surface area contributed by atoms with E-state index in [1.54, 1.807) is 12.1 Å². The second-order valence-electron chi connectivity index (χ2n) is 7.06. The number of thioether (sulfide) groups is 1. The molecule has 0 atom stereocenters.